The van der Waals surface area contributed by atoms with E-state index >= 15 is 0 Å². The molecule has 3 rings (SSSR count). The van der Waals surface area contributed by atoms with E-state index in [1.807, 2.05) is 6.07 Å². The molecule has 2 nitrogen and oxygen atoms in total. The Labute approximate surface area is 120 Å². The number of benzene rings is 2. The van der Waals surface area contributed by atoms with Gasteiger partial charge in [-0.3, -0.25) is 4.99 Å². The molecule has 1 aliphatic rings. The summed E-state index contributed by atoms with van der Waals surface area (Å²) in [6, 6.07) is 14.7. The van der Waals surface area contributed by atoms with Crippen LogP contribution < -0.4 is 4.74 Å². The molecule has 20 heavy (non-hydrogen) atoms. The summed E-state index contributed by atoms with van der Waals surface area (Å²) < 4.78 is 5.54. The van der Waals surface area contributed by atoms with E-state index in [0.717, 1.165) is 30.8 Å². The molecule has 0 aromatic heterocycles. The minimum atomic E-state index is 0.834. The van der Waals surface area contributed by atoms with Gasteiger partial charge in [-0.05, 0) is 24.5 Å². The van der Waals surface area contributed by atoms with Crippen molar-refractivity contribution in [3.8, 4) is 5.75 Å². The summed E-state index contributed by atoms with van der Waals surface area (Å²) >= 11 is 0. The predicted molar refractivity (Wildman–Crippen MR) is 83.0 cm³/mol. The lowest BCUT2D eigenvalue weighted by Gasteiger charge is -2.22. The molecule has 0 saturated carbocycles. The van der Waals surface area contributed by atoms with Crippen molar-refractivity contribution in [3.05, 3.63) is 64.7 Å². The van der Waals surface area contributed by atoms with E-state index in [9.17, 15) is 0 Å². The molecule has 0 unspecified atom stereocenters. The maximum absolute atomic E-state index is 5.54. The van der Waals surface area contributed by atoms with Crippen LogP contribution in [-0.2, 0) is 12.8 Å². The first kappa shape index (κ1) is 12.9. The van der Waals surface area contributed by atoms with Gasteiger partial charge >= 0.3 is 0 Å². The molecule has 0 saturated heterocycles. The molecule has 0 bridgehead atoms. The third-order valence-electron chi connectivity index (χ3n) is 3.87. The number of rotatable bonds is 3. The van der Waals surface area contributed by atoms with Crippen LogP contribution in [0, 0.1) is 0 Å². The van der Waals surface area contributed by atoms with Crippen LogP contribution in [0.2, 0.25) is 0 Å². The highest BCUT2D eigenvalue weighted by molar-refractivity contribution is 6.15. The van der Waals surface area contributed by atoms with Gasteiger partial charge in [0.1, 0.15) is 5.75 Å². The summed E-state index contributed by atoms with van der Waals surface area (Å²) in [4.78, 5) is 4.79. The molecule has 1 aliphatic heterocycles. The minimum absolute atomic E-state index is 0.834. The van der Waals surface area contributed by atoms with Crippen LogP contribution in [0.3, 0.4) is 0 Å². The van der Waals surface area contributed by atoms with Gasteiger partial charge in [-0.2, -0.15) is 0 Å². The van der Waals surface area contributed by atoms with Crippen molar-refractivity contribution >= 4 is 5.71 Å². The molecule has 2 aromatic rings. The summed E-state index contributed by atoms with van der Waals surface area (Å²) in [5, 5.41) is 0. The Morgan fingerprint density at radius 1 is 1.10 bits per heavy atom. The minimum Gasteiger partial charge on any atom is -0.496 e. The number of nitrogens with zero attached hydrogens (tertiary/aromatic N) is 1. The van der Waals surface area contributed by atoms with Crippen molar-refractivity contribution in [3.63, 3.8) is 0 Å². The number of hydrogen-bond donors (Lipinski definition) is 0. The third kappa shape index (κ3) is 2.11. The number of hydrogen-bond acceptors (Lipinski definition) is 2. The van der Waals surface area contributed by atoms with E-state index < -0.39 is 0 Å². The van der Waals surface area contributed by atoms with Crippen molar-refractivity contribution in [1.29, 1.82) is 0 Å². The third-order valence-corrected chi connectivity index (χ3v) is 3.87. The van der Waals surface area contributed by atoms with Gasteiger partial charge < -0.3 is 4.74 Å². The number of fused-ring (bicyclic) bond motifs is 1. The van der Waals surface area contributed by atoms with Crippen LogP contribution in [0.15, 0.2) is 47.5 Å². The Morgan fingerprint density at radius 3 is 2.60 bits per heavy atom. The van der Waals surface area contributed by atoms with Gasteiger partial charge in [0.25, 0.3) is 0 Å². The maximum atomic E-state index is 5.54. The van der Waals surface area contributed by atoms with E-state index in [1.165, 1.54) is 22.3 Å². The zero-order chi connectivity index (χ0) is 13.9. The topological polar surface area (TPSA) is 21.6 Å². The highest BCUT2D eigenvalue weighted by atomic mass is 16.5. The largest absolute Gasteiger partial charge is 0.496 e. The lowest BCUT2D eigenvalue weighted by atomic mass is 9.88. The zero-order valence-corrected chi connectivity index (χ0v) is 12.0. The molecule has 1 heterocycles. The summed E-state index contributed by atoms with van der Waals surface area (Å²) in [6.07, 6.45) is 1.97. The molecule has 0 radical (unpaired) electrons. The van der Waals surface area contributed by atoms with Gasteiger partial charge in [0.05, 0.1) is 12.8 Å². The summed E-state index contributed by atoms with van der Waals surface area (Å²) in [7, 11) is 1.75. The number of methoxy groups -OCH3 is 1. The van der Waals surface area contributed by atoms with Crippen LogP contribution in [0.4, 0.5) is 0 Å². The monoisotopic (exact) mass is 265 g/mol. The molecule has 0 fully saturated rings. The van der Waals surface area contributed by atoms with Crippen molar-refractivity contribution < 1.29 is 4.74 Å². The van der Waals surface area contributed by atoms with Crippen molar-refractivity contribution in [2.24, 2.45) is 4.99 Å². The van der Waals surface area contributed by atoms with Crippen LogP contribution in [0.5, 0.6) is 5.75 Å². The van der Waals surface area contributed by atoms with Crippen molar-refractivity contribution in [1.82, 2.24) is 0 Å². The first-order valence-electron chi connectivity index (χ1n) is 7.14. The van der Waals surface area contributed by atoms with Crippen LogP contribution >= 0.6 is 0 Å². The molecule has 2 heteroatoms. The second kappa shape index (κ2) is 5.49. The molecule has 0 amide bonds. The fourth-order valence-electron chi connectivity index (χ4n) is 2.90. The van der Waals surface area contributed by atoms with Gasteiger partial charge in [-0.15, -0.1) is 0 Å². The quantitative estimate of drug-likeness (QED) is 0.830. The number of aryl methyl sites for hydroxylation is 1. The van der Waals surface area contributed by atoms with Crippen LogP contribution in [0.25, 0.3) is 0 Å². The first-order valence-corrected chi connectivity index (χ1v) is 7.14. The first-order chi connectivity index (χ1) is 9.85. The van der Waals surface area contributed by atoms with E-state index in [-0.39, 0.29) is 0 Å². The maximum Gasteiger partial charge on any atom is 0.122 e. The lowest BCUT2D eigenvalue weighted by molar-refractivity contribution is 0.409. The Balaban J connectivity index is 2.21. The summed E-state index contributed by atoms with van der Waals surface area (Å²) in [6.45, 7) is 3.03. The SMILES string of the molecule is CCc1ccc(OC)c2c1C(c1ccccc1)=NCC2. The average molecular weight is 265 g/mol. The fourth-order valence-corrected chi connectivity index (χ4v) is 2.90. The number of aliphatic imine (C=N–C) groups is 1. The van der Waals surface area contributed by atoms with Gasteiger partial charge in [-0.1, -0.05) is 43.3 Å². The van der Waals surface area contributed by atoms with E-state index in [2.05, 4.69) is 43.3 Å². The molecule has 0 atom stereocenters. The van der Waals surface area contributed by atoms with Crippen molar-refractivity contribution in [2.75, 3.05) is 13.7 Å². The zero-order valence-electron chi connectivity index (χ0n) is 12.0. The van der Waals surface area contributed by atoms with Gasteiger partial charge in [-0.25, -0.2) is 0 Å². The highest BCUT2D eigenvalue weighted by Gasteiger charge is 2.21. The fraction of sp³-hybridized carbons (Fsp3) is 0.278. The second-order valence-electron chi connectivity index (χ2n) is 4.98. The van der Waals surface area contributed by atoms with Crippen LogP contribution in [-0.4, -0.2) is 19.4 Å². The summed E-state index contributed by atoms with van der Waals surface area (Å²) in [5.41, 5.74) is 6.24. The van der Waals surface area contributed by atoms with E-state index in [4.69, 9.17) is 9.73 Å². The van der Waals surface area contributed by atoms with Gasteiger partial charge in [0, 0.05) is 23.2 Å². The Bertz CT molecular complexity index is 644. The second-order valence-corrected chi connectivity index (χ2v) is 4.98. The molecule has 0 spiro atoms. The molecule has 0 aliphatic carbocycles. The molecule has 2 aromatic carbocycles. The van der Waals surface area contributed by atoms with E-state index in [0.29, 0.717) is 0 Å². The number of ether oxygens (including phenoxy) is 1. The van der Waals surface area contributed by atoms with Crippen LogP contribution in [0.1, 0.15) is 29.2 Å². The molecule has 0 N–H and O–H groups in total. The standard InChI is InChI=1S/C18H19NO/c1-3-13-9-10-16(20-2)15-11-12-19-18(17(13)15)14-7-5-4-6-8-14/h4-10H,3,11-12H2,1-2H3. The predicted octanol–water partition coefficient (Wildman–Crippen LogP) is 3.65. The van der Waals surface area contributed by atoms with E-state index in [1.54, 1.807) is 7.11 Å². The van der Waals surface area contributed by atoms with Gasteiger partial charge in [0.15, 0.2) is 0 Å². The normalized spacial score (nSPS) is 13.6. The highest BCUT2D eigenvalue weighted by Crippen LogP contribution is 2.31. The lowest BCUT2D eigenvalue weighted by Crippen LogP contribution is -2.17. The van der Waals surface area contributed by atoms with Crippen molar-refractivity contribution in [2.45, 2.75) is 19.8 Å². The average Bonchev–Trinajstić information content (AvgIpc) is 2.54. The Morgan fingerprint density at radius 2 is 1.90 bits per heavy atom. The molecular formula is C18H19NO. The molecular weight excluding hydrogens is 246 g/mol. The summed E-state index contributed by atoms with van der Waals surface area (Å²) in [5.74, 6) is 0.987. The Hall–Kier alpha value is -2.09. The van der Waals surface area contributed by atoms with Gasteiger partial charge in [0.2, 0.25) is 0 Å². The smallest absolute Gasteiger partial charge is 0.122 e. The molecule has 102 valence electrons. The Kier molecular flexibility index (Phi) is 3.55.